The van der Waals surface area contributed by atoms with Gasteiger partial charge in [0.2, 0.25) is 8.32 Å². The maximum absolute atomic E-state index is 6.17. The summed E-state index contributed by atoms with van der Waals surface area (Å²) in [6, 6.07) is 3.49. The second-order valence-corrected chi connectivity index (χ2v) is 8.27. The Balaban J connectivity index is 4.56. The van der Waals surface area contributed by atoms with Crippen molar-refractivity contribution in [3.8, 4) is 0 Å². The first-order valence-corrected chi connectivity index (χ1v) is 8.25. The van der Waals surface area contributed by atoms with E-state index in [1.165, 1.54) is 0 Å². The Labute approximate surface area is 95.1 Å². The molecule has 3 heteroatoms. The molecule has 15 heavy (non-hydrogen) atoms. The topological polar surface area (TPSA) is 18.5 Å². The lowest BCUT2D eigenvalue weighted by atomic mass is 10.4. The predicted octanol–water partition coefficient (Wildman–Crippen LogP) is 4.07. The minimum atomic E-state index is -1.53. The number of ether oxygens (including phenoxy) is 1. The van der Waals surface area contributed by atoms with Gasteiger partial charge in [0.1, 0.15) is 5.76 Å². The van der Waals surface area contributed by atoms with Crippen LogP contribution in [0.3, 0.4) is 0 Å². The molecule has 0 spiro atoms. The van der Waals surface area contributed by atoms with Crippen LogP contribution in [0.1, 0.15) is 27.7 Å². The molecular weight excluding hydrogens is 204 g/mol. The molecule has 0 aromatic carbocycles. The largest absolute Gasteiger partial charge is 0.544 e. The molecule has 0 heterocycles. The SMILES string of the molecule is C/C=C(\C=C\OC)O[Si](CC)(CC)CC. The van der Waals surface area contributed by atoms with Gasteiger partial charge in [-0.1, -0.05) is 20.8 Å². The lowest BCUT2D eigenvalue weighted by molar-refractivity contribution is 0.333. The molecule has 0 bridgehead atoms. The van der Waals surface area contributed by atoms with Crippen LogP contribution in [0.2, 0.25) is 18.1 Å². The highest BCUT2D eigenvalue weighted by Gasteiger charge is 2.30. The normalized spacial score (nSPS) is 13.3. The van der Waals surface area contributed by atoms with E-state index >= 15 is 0 Å². The fourth-order valence-corrected chi connectivity index (χ4v) is 4.16. The van der Waals surface area contributed by atoms with E-state index < -0.39 is 8.32 Å². The van der Waals surface area contributed by atoms with Crippen molar-refractivity contribution in [3.05, 3.63) is 24.2 Å². The Kier molecular flexibility index (Phi) is 7.22. The van der Waals surface area contributed by atoms with Crippen molar-refractivity contribution >= 4 is 8.32 Å². The summed E-state index contributed by atoms with van der Waals surface area (Å²) in [7, 11) is 0.120. The third-order valence-electron chi connectivity index (χ3n) is 2.92. The van der Waals surface area contributed by atoms with Crippen molar-refractivity contribution in [1.82, 2.24) is 0 Å². The molecule has 0 aliphatic carbocycles. The maximum Gasteiger partial charge on any atom is 0.250 e. The number of hydrogen-bond donors (Lipinski definition) is 0. The Morgan fingerprint density at radius 1 is 1.13 bits per heavy atom. The van der Waals surface area contributed by atoms with Gasteiger partial charge < -0.3 is 9.16 Å². The summed E-state index contributed by atoms with van der Waals surface area (Å²) in [5.74, 6) is 0.939. The van der Waals surface area contributed by atoms with Crippen LogP contribution in [0.4, 0.5) is 0 Å². The van der Waals surface area contributed by atoms with E-state index in [1.54, 1.807) is 13.4 Å². The summed E-state index contributed by atoms with van der Waals surface area (Å²) in [5, 5.41) is 0. The molecule has 0 N–H and O–H groups in total. The van der Waals surface area contributed by atoms with Crippen molar-refractivity contribution in [2.45, 2.75) is 45.8 Å². The van der Waals surface area contributed by atoms with Gasteiger partial charge in [0.05, 0.1) is 13.4 Å². The highest BCUT2D eigenvalue weighted by atomic mass is 28.4. The van der Waals surface area contributed by atoms with Gasteiger partial charge in [0.25, 0.3) is 0 Å². The van der Waals surface area contributed by atoms with E-state index in [2.05, 4.69) is 20.8 Å². The summed E-state index contributed by atoms with van der Waals surface area (Å²) in [4.78, 5) is 0. The standard InChI is InChI=1S/C12H24O2Si/c1-6-12(10-11-13-5)14-15(7-2,8-3)9-4/h6,10-11H,7-9H2,1-5H3/b11-10+,12-6+. The van der Waals surface area contributed by atoms with E-state index in [-0.39, 0.29) is 0 Å². The van der Waals surface area contributed by atoms with Crippen LogP contribution >= 0.6 is 0 Å². The minimum absolute atomic E-state index is 0.939. The first-order chi connectivity index (χ1) is 7.17. The van der Waals surface area contributed by atoms with Gasteiger partial charge in [-0.3, -0.25) is 0 Å². The Morgan fingerprint density at radius 3 is 2.00 bits per heavy atom. The molecule has 2 nitrogen and oxygen atoms in total. The van der Waals surface area contributed by atoms with Crippen LogP contribution in [0.25, 0.3) is 0 Å². The lowest BCUT2D eigenvalue weighted by Crippen LogP contribution is -2.35. The average Bonchev–Trinajstić information content (AvgIpc) is 2.30. The van der Waals surface area contributed by atoms with E-state index in [0.29, 0.717) is 0 Å². The van der Waals surface area contributed by atoms with Crippen LogP contribution in [0.15, 0.2) is 24.2 Å². The molecule has 88 valence electrons. The number of rotatable bonds is 7. The van der Waals surface area contributed by atoms with Gasteiger partial charge in [0.15, 0.2) is 0 Å². The molecular formula is C12H24O2Si. The van der Waals surface area contributed by atoms with E-state index in [4.69, 9.17) is 9.16 Å². The smallest absolute Gasteiger partial charge is 0.250 e. The zero-order chi connectivity index (χ0) is 11.7. The molecule has 0 aliphatic rings. The Hall–Kier alpha value is -0.703. The maximum atomic E-state index is 6.17. The van der Waals surface area contributed by atoms with Crippen LogP contribution < -0.4 is 0 Å². The molecule has 0 aromatic heterocycles. The van der Waals surface area contributed by atoms with Crippen LogP contribution in [-0.4, -0.2) is 15.4 Å². The summed E-state index contributed by atoms with van der Waals surface area (Å²) in [5.41, 5.74) is 0. The van der Waals surface area contributed by atoms with Gasteiger partial charge in [-0.15, -0.1) is 0 Å². The van der Waals surface area contributed by atoms with Crippen molar-refractivity contribution in [2.75, 3.05) is 7.11 Å². The minimum Gasteiger partial charge on any atom is -0.544 e. The van der Waals surface area contributed by atoms with Gasteiger partial charge in [-0.2, -0.15) is 0 Å². The highest BCUT2D eigenvalue weighted by molar-refractivity contribution is 6.73. The summed E-state index contributed by atoms with van der Waals surface area (Å²) >= 11 is 0. The van der Waals surface area contributed by atoms with E-state index in [9.17, 15) is 0 Å². The molecule has 0 aliphatic heterocycles. The van der Waals surface area contributed by atoms with E-state index in [0.717, 1.165) is 23.9 Å². The summed E-state index contributed by atoms with van der Waals surface area (Å²) in [6.45, 7) is 8.68. The van der Waals surface area contributed by atoms with Gasteiger partial charge >= 0.3 is 0 Å². The molecule has 0 saturated carbocycles. The van der Waals surface area contributed by atoms with Gasteiger partial charge in [-0.05, 0) is 31.1 Å². The summed E-state index contributed by atoms with van der Waals surface area (Å²) < 4.78 is 11.1. The molecule has 0 amide bonds. The Bertz CT molecular complexity index is 209. The second-order valence-electron chi connectivity index (χ2n) is 3.58. The zero-order valence-electron chi connectivity index (χ0n) is 10.7. The average molecular weight is 228 g/mol. The van der Waals surface area contributed by atoms with Crippen LogP contribution in [0, 0.1) is 0 Å². The fraction of sp³-hybridized carbons (Fsp3) is 0.667. The monoisotopic (exact) mass is 228 g/mol. The highest BCUT2D eigenvalue weighted by Crippen LogP contribution is 2.25. The third kappa shape index (κ3) is 4.56. The molecule has 0 unspecified atom stereocenters. The van der Waals surface area contributed by atoms with Crippen molar-refractivity contribution in [3.63, 3.8) is 0 Å². The Morgan fingerprint density at radius 2 is 1.67 bits per heavy atom. The van der Waals surface area contributed by atoms with Crippen LogP contribution in [0.5, 0.6) is 0 Å². The van der Waals surface area contributed by atoms with E-state index in [1.807, 2.05) is 19.1 Å². The van der Waals surface area contributed by atoms with Crippen LogP contribution in [-0.2, 0) is 9.16 Å². The van der Waals surface area contributed by atoms with Crippen molar-refractivity contribution in [2.24, 2.45) is 0 Å². The molecule has 0 saturated heterocycles. The molecule has 0 radical (unpaired) electrons. The molecule has 0 atom stereocenters. The van der Waals surface area contributed by atoms with Crippen molar-refractivity contribution < 1.29 is 9.16 Å². The summed E-state index contributed by atoms with van der Waals surface area (Å²) in [6.07, 6.45) is 5.55. The number of hydrogen-bond acceptors (Lipinski definition) is 2. The lowest BCUT2D eigenvalue weighted by Gasteiger charge is -2.29. The zero-order valence-corrected chi connectivity index (χ0v) is 11.7. The molecule has 0 rings (SSSR count). The second kappa shape index (κ2) is 7.57. The van der Waals surface area contributed by atoms with Crippen molar-refractivity contribution in [1.29, 1.82) is 0 Å². The molecule has 0 aromatic rings. The number of allylic oxidation sites excluding steroid dienone is 2. The first kappa shape index (κ1) is 14.3. The quantitative estimate of drug-likeness (QED) is 0.371. The third-order valence-corrected chi connectivity index (χ3v) is 7.46. The van der Waals surface area contributed by atoms with Gasteiger partial charge in [-0.25, -0.2) is 0 Å². The molecule has 0 fully saturated rings. The first-order valence-electron chi connectivity index (χ1n) is 5.72. The predicted molar refractivity (Wildman–Crippen MR) is 68.2 cm³/mol. The fourth-order valence-electron chi connectivity index (χ4n) is 1.54. The number of methoxy groups -OCH3 is 1. The van der Waals surface area contributed by atoms with Gasteiger partial charge in [0, 0.05) is 6.08 Å².